The molecule has 2 aromatic rings. The Kier molecular flexibility index (Phi) is 11.4. The molecule has 32 heavy (non-hydrogen) atoms. The average Bonchev–Trinajstić information content (AvgIpc) is 2.73. The second-order valence-corrected chi connectivity index (χ2v) is 6.33. The molecule has 2 rings (SSSR count). The van der Waals surface area contributed by atoms with Crippen LogP contribution in [0.25, 0.3) is 0 Å². The van der Waals surface area contributed by atoms with Gasteiger partial charge in [-0.05, 0) is 55.6 Å². The number of rotatable bonds is 10. The monoisotopic (exact) mass is 455 g/mol. The molecule has 0 aliphatic carbocycles. The Bertz CT molecular complexity index is 838. The topological polar surface area (TPSA) is 119 Å². The molecular formula is C22H24F3NO6. The van der Waals surface area contributed by atoms with Crippen molar-refractivity contribution < 1.29 is 42.4 Å². The van der Waals surface area contributed by atoms with E-state index in [1.165, 1.54) is 24.3 Å². The van der Waals surface area contributed by atoms with E-state index in [1.54, 1.807) is 0 Å². The van der Waals surface area contributed by atoms with E-state index in [2.05, 4.69) is 4.74 Å². The Morgan fingerprint density at radius 3 is 1.91 bits per heavy atom. The first kappa shape index (κ1) is 26.5. The maximum atomic E-state index is 12.2. The highest BCUT2D eigenvalue weighted by Gasteiger charge is 2.31. The minimum absolute atomic E-state index is 0.174. The normalized spacial score (nSPS) is 11.9. The van der Waals surface area contributed by atoms with E-state index in [-0.39, 0.29) is 11.9 Å². The van der Waals surface area contributed by atoms with Crippen LogP contribution in [0, 0.1) is 0 Å². The number of carboxylic acid groups (broad SMARTS) is 2. The summed E-state index contributed by atoms with van der Waals surface area (Å²) >= 11 is 0. The highest BCUT2D eigenvalue weighted by Crippen LogP contribution is 2.29. The van der Waals surface area contributed by atoms with Gasteiger partial charge in [-0.3, -0.25) is 0 Å². The molecule has 0 spiro atoms. The summed E-state index contributed by atoms with van der Waals surface area (Å²) in [5.41, 5.74) is 6.55. The quantitative estimate of drug-likeness (QED) is 0.355. The first-order valence-corrected chi connectivity index (χ1v) is 9.52. The minimum atomic E-state index is -4.70. The number of halogens is 3. The van der Waals surface area contributed by atoms with E-state index in [4.69, 9.17) is 20.7 Å². The van der Waals surface area contributed by atoms with Crippen molar-refractivity contribution >= 4 is 11.9 Å². The summed E-state index contributed by atoms with van der Waals surface area (Å²) in [6, 6.07) is 15.1. The highest BCUT2D eigenvalue weighted by atomic mass is 19.4. The van der Waals surface area contributed by atoms with Crippen molar-refractivity contribution in [3.63, 3.8) is 0 Å². The maximum Gasteiger partial charge on any atom is 0.573 e. The fraction of sp³-hybridized carbons (Fsp3) is 0.273. The van der Waals surface area contributed by atoms with Crippen molar-refractivity contribution in [3.05, 3.63) is 72.3 Å². The molecule has 0 saturated carbocycles. The van der Waals surface area contributed by atoms with Gasteiger partial charge in [-0.15, -0.1) is 13.2 Å². The Morgan fingerprint density at radius 1 is 0.906 bits per heavy atom. The predicted molar refractivity (Wildman–Crippen MR) is 110 cm³/mol. The molecular weight excluding hydrogens is 431 g/mol. The van der Waals surface area contributed by atoms with E-state index < -0.39 is 18.3 Å². The Hall–Kier alpha value is -3.53. The Labute approximate surface area is 182 Å². The number of aliphatic carboxylic acids is 2. The van der Waals surface area contributed by atoms with Crippen molar-refractivity contribution in [1.82, 2.24) is 0 Å². The molecule has 4 N–H and O–H groups in total. The zero-order valence-electron chi connectivity index (χ0n) is 17.0. The molecule has 0 radical (unpaired) electrons. The van der Waals surface area contributed by atoms with Crippen LogP contribution in [0.2, 0.25) is 0 Å². The molecule has 0 aliphatic heterocycles. The van der Waals surface area contributed by atoms with Crippen LogP contribution < -0.4 is 15.2 Å². The first-order chi connectivity index (χ1) is 15.1. The van der Waals surface area contributed by atoms with Gasteiger partial charge in [-0.2, -0.15) is 0 Å². The lowest BCUT2D eigenvalue weighted by molar-refractivity contribution is -0.274. The number of benzene rings is 2. The van der Waals surface area contributed by atoms with Gasteiger partial charge in [-0.25, -0.2) is 9.59 Å². The van der Waals surface area contributed by atoms with Gasteiger partial charge in [0.25, 0.3) is 0 Å². The summed E-state index contributed by atoms with van der Waals surface area (Å²) in [6.45, 7) is 0.616. The number of carboxylic acids is 2. The van der Waals surface area contributed by atoms with Gasteiger partial charge in [0.1, 0.15) is 17.6 Å². The van der Waals surface area contributed by atoms with Crippen LogP contribution in [-0.2, 0) is 9.59 Å². The molecule has 1 atom stereocenters. The van der Waals surface area contributed by atoms with Gasteiger partial charge in [0.05, 0.1) is 0 Å². The van der Waals surface area contributed by atoms with E-state index >= 15 is 0 Å². The third kappa shape index (κ3) is 12.2. The average molecular weight is 455 g/mol. The molecule has 0 saturated heterocycles. The van der Waals surface area contributed by atoms with Crippen LogP contribution in [0.4, 0.5) is 13.2 Å². The van der Waals surface area contributed by atoms with Crippen LogP contribution in [0.15, 0.2) is 66.7 Å². The number of unbranched alkanes of at least 4 members (excludes halogenated alkanes) is 1. The van der Waals surface area contributed by atoms with Crippen LogP contribution in [0.3, 0.4) is 0 Å². The smallest absolute Gasteiger partial charge is 0.486 e. The van der Waals surface area contributed by atoms with Crippen LogP contribution in [0.5, 0.6) is 11.5 Å². The fourth-order valence-electron chi connectivity index (χ4n) is 2.46. The van der Waals surface area contributed by atoms with Gasteiger partial charge in [0, 0.05) is 12.2 Å². The van der Waals surface area contributed by atoms with Gasteiger partial charge in [0.2, 0.25) is 0 Å². The Balaban J connectivity index is 0.000000547. The highest BCUT2D eigenvalue weighted by molar-refractivity contribution is 5.89. The van der Waals surface area contributed by atoms with E-state index in [9.17, 15) is 22.8 Å². The lowest BCUT2D eigenvalue weighted by Gasteiger charge is -2.20. The van der Waals surface area contributed by atoms with Crippen molar-refractivity contribution in [2.24, 2.45) is 5.73 Å². The minimum Gasteiger partial charge on any atom is -0.486 e. The summed E-state index contributed by atoms with van der Waals surface area (Å²) in [5.74, 6) is -2.29. The van der Waals surface area contributed by atoms with Crippen molar-refractivity contribution in [1.29, 1.82) is 0 Å². The number of carbonyl (C=O) groups is 2. The number of hydrogen-bond acceptors (Lipinski definition) is 5. The molecule has 0 aliphatic rings. The van der Waals surface area contributed by atoms with Crippen molar-refractivity contribution in [2.75, 3.05) is 6.54 Å². The number of ether oxygens (including phenoxy) is 2. The number of alkyl halides is 3. The molecule has 0 unspecified atom stereocenters. The molecule has 10 heteroatoms. The molecule has 0 fully saturated rings. The second kappa shape index (κ2) is 13.7. The lowest BCUT2D eigenvalue weighted by atomic mass is 10.0. The van der Waals surface area contributed by atoms with Crippen molar-refractivity contribution in [2.45, 2.75) is 31.7 Å². The summed E-state index contributed by atoms with van der Waals surface area (Å²) in [5, 5.41) is 15.6. The summed E-state index contributed by atoms with van der Waals surface area (Å²) in [6.07, 6.45) is -1.17. The molecule has 2 aromatic carbocycles. The van der Waals surface area contributed by atoms with Gasteiger partial charge < -0.3 is 25.4 Å². The van der Waals surface area contributed by atoms with E-state index in [1.807, 2.05) is 30.3 Å². The van der Waals surface area contributed by atoms with Crippen LogP contribution in [-0.4, -0.2) is 35.1 Å². The van der Waals surface area contributed by atoms with Crippen LogP contribution in [0.1, 0.15) is 30.9 Å². The summed E-state index contributed by atoms with van der Waals surface area (Å²) < 4.78 is 46.4. The van der Waals surface area contributed by atoms with Gasteiger partial charge in [-0.1, -0.05) is 30.3 Å². The third-order valence-corrected chi connectivity index (χ3v) is 3.80. The molecule has 7 nitrogen and oxygen atoms in total. The lowest BCUT2D eigenvalue weighted by Crippen LogP contribution is -2.17. The first-order valence-electron chi connectivity index (χ1n) is 9.52. The number of nitrogens with two attached hydrogens (primary N) is 1. The largest absolute Gasteiger partial charge is 0.573 e. The standard InChI is InChI=1S/C18H20F3NO2.C4H4O4/c19-18(20,21)24-16-11-9-15(10-12-16)23-17(8-4-5-13-22)14-6-2-1-3-7-14;5-3(6)1-2-4(7)8/h1-3,6-7,9-12,17H,4-5,8,13,22H2;1-2H,(H,5,6)(H,7,8)/b;2-1+/t17-;/m0./s1. The molecule has 0 bridgehead atoms. The summed E-state index contributed by atoms with van der Waals surface area (Å²) in [7, 11) is 0. The predicted octanol–water partition coefficient (Wildman–Crippen LogP) is 4.55. The second-order valence-electron chi connectivity index (χ2n) is 6.33. The third-order valence-electron chi connectivity index (χ3n) is 3.80. The SMILES string of the molecule is NCCCC[C@H](Oc1ccc(OC(F)(F)F)cc1)c1ccccc1.O=C(O)/C=C/C(=O)O. The van der Waals surface area contributed by atoms with E-state index in [0.29, 0.717) is 24.4 Å². The zero-order chi connectivity index (χ0) is 24.0. The molecule has 0 amide bonds. The Morgan fingerprint density at radius 2 is 1.44 bits per heavy atom. The fourth-order valence-corrected chi connectivity index (χ4v) is 2.46. The van der Waals surface area contributed by atoms with Gasteiger partial charge in [0.15, 0.2) is 0 Å². The number of hydrogen-bond donors (Lipinski definition) is 3. The van der Waals surface area contributed by atoms with Crippen LogP contribution >= 0.6 is 0 Å². The maximum absolute atomic E-state index is 12.2. The summed E-state index contributed by atoms with van der Waals surface area (Å²) in [4.78, 5) is 19.1. The van der Waals surface area contributed by atoms with E-state index in [0.717, 1.165) is 24.8 Å². The molecule has 0 heterocycles. The molecule has 0 aromatic heterocycles. The molecule has 174 valence electrons. The van der Waals surface area contributed by atoms with Crippen molar-refractivity contribution in [3.8, 4) is 11.5 Å². The van der Waals surface area contributed by atoms with Gasteiger partial charge >= 0.3 is 18.3 Å². The zero-order valence-corrected chi connectivity index (χ0v) is 17.0.